The van der Waals surface area contributed by atoms with Gasteiger partial charge in [-0.2, -0.15) is 0 Å². The lowest BCUT2D eigenvalue weighted by Gasteiger charge is -2.07. The Morgan fingerprint density at radius 1 is 1.39 bits per heavy atom. The molecule has 0 saturated heterocycles. The second-order valence-electron chi connectivity index (χ2n) is 5.38. The third-order valence-electron chi connectivity index (χ3n) is 3.67. The summed E-state index contributed by atoms with van der Waals surface area (Å²) in [6, 6.07) is 8.10. The number of aryl methyl sites for hydroxylation is 2. The van der Waals surface area contributed by atoms with Crippen LogP contribution in [0.5, 0.6) is 0 Å². The number of hydrogen-bond donors (Lipinski definition) is 2. The summed E-state index contributed by atoms with van der Waals surface area (Å²) in [5.74, 6) is 0.217. The molecule has 2 heterocycles. The highest BCUT2D eigenvalue weighted by Crippen LogP contribution is 2.16. The van der Waals surface area contributed by atoms with E-state index in [1.807, 2.05) is 24.3 Å². The number of rotatable bonds is 5. The summed E-state index contributed by atoms with van der Waals surface area (Å²) < 4.78 is 10.2. The number of aromatic nitrogens is 1. The van der Waals surface area contributed by atoms with E-state index in [0.717, 1.165) is 12.8 Å². The molecule has 0 fully saturated rings. The van der Waals surface area contributed by atoms with Crippen LogP contribution in [0.25, 0.3) is 0 Å². The monoisotopic (exact) mass is 314 g/mol. The molecule has 0 spiro atoms. The SMILES string of the molecule is Cc1ocnc1C(=O)Nc1ccc(CC[C@H]2COC(N)=N2)cc1. The fraction of sp³-hybridized carbons (Fsp3) is 0.312. The van der Waals surface area contributed by atoms with Gasteiger partial charge in [0.2, 0.25) is 0 Å². The van der Waals surface area contributed by atoms with E-state index in [1.54, 1.807) is 6.92 Å². The molecule has 1 aromatic heterocycles. The van der Waals surface area contributed by atoms with Gasteiger partial charge < -0.3 is 20.2 Å². The Morgan fingerprint density at radius 2 is 2.17 bits per heavy atom. The molecule has 1 aliphatic rings. The minimum Gasteiger partial charge on any atom is -0.463 e. The maximum absolute atomic E-state index is 12.0. The first-order chi connectivity index (χ1) is 11.1. The molecule has 23 heavy (non-hydrogen) atoms. The van der Waals surface area contributed by atoms with E-state index in [1.165, 1.54) is 12.0 Å². The number of oxazole rings is 1. The van der Waals surface area contributed by atoms with Crippen LogP contribution in [0.3, 0.4) is 0 Å². The fourth-order valence-electron chi connectivity index (χ4n) is 2.39. The van der Waals surface area contributed by atoms with Crippen LogP contribution in [0.2, 0.25) is 0 Å². The quantitative estimate of drug-likeness (QED) is 0.877. The maximum Gasteiger partial charge on any atom is 0.282 e. The average Bonchev–Trinajstić information content (AvgIpc) is 3.15. The molecular weight excluding hydrogens is 296 g/mol. The molecule has 0 radical (unpaired) electrons. The van der Waals surface area contributed by atoms with Gasteiger partial charge in [-0.3, -0.25) is 4.79 Å². The number of benzene rings is 1. The van der Waals surface area contributed by atoms with Crippen LogP contribution < -0.4 is 11.1 Å². The number of carbonyl (C=O) groups excluding carboxylic acids is 1. The van der Waals surface area contributed by atoms with Crippen molar-refractivity contribution >= 4 is 17.6 Å². The van der Waals surface area contributed by atoms with Gasteiger partial charge in [-0.1, -0.05) is 12.1 Å². The van der Waals surface area contributed by atoms with Crippen molar-refractivity contribution in [3.8, 4) is 0 Å². The standard InChI is InChI=1S/C16H18N4O3/c1-10-14(18-9-23-10)15(21)19-12-5-2-11(3-6-12)4-7-13-8-22-16(17)20-13/h2-3,5-6,9,13H,4,7-8H2,1H3,(H2,17,20)(H,19,21)/t13-/m0/s1. The molecule has 1 aliphatic heterocycles. The summed E-state index contributed by atoms with van der Waals surface area (Å²) >= 11 is 0. The molecule has 7 nitrogen and oxygen atoms in total. The smallest absolute Gasteiger partial charge is 0.282 e. The lowest BCUT2D eigenvalue weighted by Crippen LogP contribution is -2.13. The Balaban J connectivity index is 1.55. The van der Waals surface area contributed by atoms with Crippen LogP contribution in [0.1, 0.15) is 28.2 Å². The molecule has 1 aromatic carbocycles. The number of amidine groups is 1. The number of aliphatic imine (C=N–C) groups is 1. The minimum atomic E-state index is -0.281. The number of anilines is 1. The van der Waals surface area contributed by atoms with Gasteiger partial charge in [0.25, 0.3) is 11.9 Å². The Labute approximate surface area is 133 Å². The van der Waals surface area contributed by atoms with Gasteiger partial charge >= 0.3 is 0 Å². The molecule has 0 saturated carbocycles. The van der Waals surface area contributed by atoms with Crippen molar-refractivity contribution in [2.24, 2.45) is 10.7 Å². The summed E-state index contributed by atoms with van der Waals surface area (Å²) in [7, 11) is 0. The molecule has 1 atom stereocenters. The lowest BCUT2D eigenvalue weighted by atomic mass is 10.1. The van der Waals surface area contributed by atoms with E-state index in [4.69, 9.17) is 14.9 Å². The molecule has 0 bridgehead atoms. The third kappa shape index (κ3) is 3.68. The summed E-state index contributed by atoms with van der Waals surface area (Å²) in [4.78, 5) is 20.1. The van der Waals surface area contributed by atoms with Crippen LogP contribution in [-0.2, 0) is 11.2 Å². The molecule has 0 unspecified atom stereocenters. The van der Waals surface area contributed by atoms with E-state index in [0.29, 0.717) is 23.7 Å². The zero-order valence-electron chi connectivity index (χ0n) is 12.8. The summed E-state index contributed by atoms with van der Waals surface area (Å²) in [5.41, 5.74) is 7.67. The normalized spacial score (nSPS) is 16.7. The first kappa shape index (κ1) is 15.1. The average molecular weight is 314 g/mol. The van der Waals surface area contributed by atoms with Crippen molar-refractivity contribution in [3.63, 3.8) is 0 Å². The highest BCUT2D eigenvalue weighted by atomic mass is 16.5. The van der Waals surface area contributed by atoms with E-state index >= 15 is 0 Å². The first-order valence-electron chi connectivity index (χ1n) is 7.38. The van der Waals surface area contributed by atoms with Gasteiger partial charge in [-0.25, -0.2) is 9.98 Å². The minimum absolute atomic E-state index is 0.129. The van der Waals surface area contributed by atoms with Gasteiger partial charge in [0.05, 0.1) is 6.04 Å². The Bertz CT molecular complexity index is 721. The number of ether oxygens (including phenoxy) is 1. The molecule has 3 N–H and O–H groups in total. The van der Waals surface area contributed by atoms with Gasteiger partial charge in [0.15, 0.2) is 12.1 Å². The van der Waals surface area contributed by atoms with Crippen molar-refractivity contribution in [1.29, 1.82) is 0 Å². The summed E-state index contributed by atoms with van der Waals surface area (Å²) in [5, 5.41) is 2.80. The van der Waals surface area contributed by atoms with E-state index in [-0.39, 0.29) is 18.0 Å². The molecule has 3 rings (SSSR count). The van der Waals surface area contributed by atoms with Gasteiger partial charge in [0, 0.05) is 5.69 Å². The van der Waals surface area contributed by atoms with E-state index in [9.17, 15) is 4.79 Å². The van der Waals surface area contributed by atoms with Crippen LogP contribution in [-0.4, -0.2) is 29.6 Å². The number of nitrogens with zero attached hydrogens (tertiary/aromatic N) is 2. The van der Waals surface area contributed by atoms with Gasteiger partial charge in [-0.15, -0.1) is 0 Å². The van der Waals surface area contributed by atoms with Crippen LogP contribution >= 0.6 is 0 Å². The van der Waals surface area contributed by atoms with Crippen molar-refractivity contribution in [2.45, 2.75) is 25.8 Å². The summed E-state index contributed by atoms with van der Waals surface area (Å²) in [6.07, 6.45) is 3.02. The van der Waals surface area contributed by atoms with Crippen molar-refractivity contribution in [2.75, 3.05) is 11.9 Å². The second kappa shape index (κ2) is 6.51. The van der Waals surface area contributed by atoms with Crippen LogP contribution in [0.4, 0.5) is 5.69 Å². The zero-order chi connectivity index (χ0) is 16.2. The Hall–Kier alpha value is -2.83. The zero-order valence-corrected chi connectivity index (χ0v) is 12.8. The highest BCUT2D eigenvalue weighted by Gasteiger charge is 2.16. The van der Waals surface area contributed by atoms with Gasteiger partial charge in [0.1, 0.15) is 12.4 Å². The number of amides is 1. The topological polar surface area (TPSA) is 103 Å². The number of nitrogens with two attached hydrogens (primary N) is 1. The predicted molar refractivity (Wildman–Crippen MR) is 85.3 cm³/mol. The molecule has 7 heteroatoms. The predicted octanol–water partition coefficient (Wildman–Crippen LogP) is 1.88. The molecule has 0 aliphatic carbocycles. The molecule has 120 valence electrons. The summed E-state index contributed by atoms with van der Waals surface area (Å²) in [6.45, 7) is 2.25. The van der Waals surface area contributed by atoms with E-state index in [2.05, 4.69) is 15.3 Å². The number of nitrogens with one attached hydrogen (secondary N) is 1. The Kier molecular flexibility index (Phi) is 4.27. The lowest BCUT2D eigenvalue weighted by molar-refractivity contribution is 0.102. The van der Waals surface area contributed by atoms with Crippen molar-refractivity contribution in [1.82, 2.24) is 4.98 Å². The highest BCUT2D eigenvalue weighted by molar-refractivity contribution is 6.03. The molecular formula is C16H18N4O3. The maximum atomic E-state index is 12.0. The van der Waals surface area contributed by atoms with Crippen molar-refractivity contribution < 1.29 is 13.9 Å². The molecule has 2 aromatic rings. The second-order valence-corrected chi connectivity index (χ2v) is 5.38. The van der Waals surface area contributed by atoms with Crippen LogP contribution in [0.15, 0.2) is 40.1 Å². The Morgan fingerprint density at radius 3 is 2.78 bits per heavy atom. The van der Waals surface area contributed by atoms with Crippen LogP contribution in [0, 0.1) is 6.92 Å². The van der Waals surface area contributed by atoms with Crippen molar-refractivity contribution in [3.05, 3.63) is 47.7 Å². The fourth-order valence-corrected chi connectivity index (χ4v) is 2.39. The largest absolute Gasteiger partial charge is 0.463 e. The first-order valence-corrected chi connectivity index (χ1v) is 7.38. The van der Waals surface area contributed by atoms with E-state index < -0.39 is 0 Å². The molecule has 1 amide bonds. The number of hydrogen-bond acceptors (Lipinski definition) is 6. The third-order valence-corrected chi connectivity index (χ3v) is 3.67. The number of carbonyl (C=O) groups is 1. The van der Waals surface area contributed by atoms with Gasteiger partial charge in [-0.05, 0) is 37.5 Å².